The molecule has 1 unspecified atom stereocenters. The van der Waals surface area contributed by atoms with Gasteiger partial charge in [0.2, 0.25) is 0 Å². The highest BCUT2D eigenvalue weighted by Gasteiger charge is 1.88. The van der Waals surface area contributed by atoms with E-state index in [2.05, 4.69) is 16.2 Å². The molecule has 0 saturated heterocycles. The quantitative estimate of drug-likeness (QED) is 0.361. The topological polar surface area (TPSA) is 0 Å². The normalized spacial score (nSPS) is 14.3. The van der Waals surface area contributed by atoms with Crippen molar-refractivity contribution in [3.63, 3.8) is 0 Å². The van der Waals surface area contributed by atoms with Gasteiger partial charge in [-0.3, -0.25) is 0 Å². The summed E-state index contributed by atoms with van der Waals surface area (Å²) in [6.45, 7) is 2.13. The number of rotatable bonds is 2. The third-order valence-electron chi connectivity index (χ3n) is 0.827. The lowest BCUT2D eigenvalue weighted by atomic mass is 10.0. The maximum Gasteiger partial charge on any atom is 0.0661 e. The minimum Gasteiger partial charge on any atom is -0.135 e. The van der Waals surface area contributed by atoms with Crippen molar-refractivity contribution in [3.05, 3.63) is 0 Å². The first-order valence-electron chi connectivity index (χ1n) is 2.27. The predicted molar refractivity (Wildman–Crippen MR) is 34.3 cm³/mol. The van der Waals surface area contributed by atoms with Crippen molar-refractivity contribution < 1.29 is 0 Å². The van der Waals surface area contributed by atoms with Crippen LogP contribution < -0.4 is 0 Å². The van der Waals surface area contributed by atoms with E-state index in [0.717, 1.165) is 6.32 Å². The predicted octanol–water partition coefficient (Wildman–Crippen LogP) is 1.23. The Labute approximate surface area is 43.3 Å². The molecular weight excluding hydrogens is 89.8 g/mol. The second kappa shape index (κ2) is 3.68. The third-order valence-corrected chi connectivity index (χ3v) is 1.57. The smallest absolute Gasteiger partial charge is 0.0661 e. The van der Waals surface area contributed by atoms with Gasteiger partial charge < -0.3 is 0 Å². The Hall–Kier alpha value is 0.495. The Bertz CT molecular complexity index is 26.7. The fraction of sp³-hybridized carbons (Fsp3) is 1.00. The Morgan fingerprint density at radius 1 is 1.83 bits per heavy atom. The zero-order valence-corrected chi connectivity index (χ0v) is 5.30. The van der Waals surface area contributed by atoms with Gasteiger partial charge in [-0.25, -0.2) is 0 Å². The van der Waals surface area contributed by atoms with Gasteiger partial charge in [0, 0.05) is 0 Å². The summed E-state index contributed by atoms with van der Waals surface area (Å²) in [6.07, 6.45) is 1.96. The van der Waals surface area contributed by atoms with Gasteiger partial charge in [0.05, 0.1) is 7.85 Å². The van der Waals surface area contributed by atoms with E-state index in [9.17, 15) is 0 Å². The molecule has 0 N–H and O–H groups in total. The second-order valence-electron chi connectivity index (χ2n) is 1.40. The molecule has 0 spiro atoms. The van der Waals surface area contributed by atoms with Crippen molar-refractivity contribution in [1.82, 2.24) is 0 Å². The molecule has 0 aliphatic carbocycles. The van der Waals surface area contributed by atoms with Gasteiger partial charge in [-0.1, -0.05) is 19.7 Å². The van der Waals surface area contributed by atoms with Crippen LogP contribution in [0.1, 0.15) is 13.3 Å². The minimum atomic E-state index is 0.630. The first kappa shape index (κ1) is 6.49. The van der Waals surface area contributed by atoms with E-state index in [4.69, 9.17) is 7.85 Å². The summed E-state index contributed by atoms with van der Waals surface area (Å²) >= 11 is 0. The third kappa shape index (κ3) is 2.72. The van der Waals surface area contributed by atoms with Crippen LogP contribution in [0.5, 0.6) is 0 Å². The van der Waals surface area contributed by atoms with E-state index in [1.807, 2.05) is 0 Å². The van der Waals surface area contributed by atoms with Crippen LogP contribution in [0.3, 0.4) is 0 Å². The first-order valence-corrected chi connectivity index (χ1v) is 2.93. The van der Waals surface area contributed by atoms with Crippen LogP contribution in [0.2, 0.25) is 6.32 Å². The molecule has 0 aliphatic heterocycles. The van der Waals surface area contributed by atoms with Crippen LogP contribution in [0.15, 0.2) is 0 Å². The van der Waals surface area contributed by atoms with Gasteiger partial charge in [-0.2, -0.15) is 0 Å². The van der Waals surface area contributed by atoms with Crippen molar-refractivity contribution >= 4 is 17.1 Å². The van der Waals surface area contributed by atoms with Gasteiger partial charge in [0.15, 0.2) is 0 Å². The first-order chi connectivity index (χ1) is 2.81. The van der Waals surface area contributed by atoms with Crippen molar-refractivity contribution in [2.75, 3.05) is 0 Å². The van der Waals surface area contributed by atoms with Crippen molar-refractivity contribution in [3.8, 4) is 0 Å². The van der Waals surface area contributed by atoms with Crippen LogP contribution >= 0.6 is 9.24 Å². The van der Waals surface area contributed by atoms with Crippen molar-refractivity contribution in [2.45, 2.75) is 25.3 Å². The Balaban J connectivity index is 2.75. The summed E-state index contributed by atoms with van der Waals surface area (Å²) in [7, 11) is 7.95. The molecule has 0 heterocycles. The zero-order valence-electron chi connectivity index (χ0n) is 4.15. The molecule has 34 valence electrons. The van der Waals surface area contributed by atoms with E-state index in [-0.39, 0.29) is 0 Å². The van der Waals surface area contributed by atoms with Crippen LogP contribution in [-0.4, -0.2) is 13.5 Å². The van der Waals surface area contributed by atoms with Crippen LogP contribution in [0.4, 0.5) is 0 Å². The molecule has 0 aliphatic rings. The highest BCUT2D eigenvalue weighted by atomic mass is 31.0. The van der Waals surface area contributed by atoms with Crippen LogP contribution in [0.25, 0.3) is 0 Å². The van der Waals surface area contributed by atoms with E-state index >= 15 is 0 Å². The van der Waals surface area contributed by atoms with Gasteiger partial charge in [-0.05, 0) is 5.66 Å². The maximum atomic E-state index is 5.26. The number of hydrogen-bond acceptors (Lipinski definition) is 0. The van der Waals surface area contributed by atoms with Gasteiger partial charge >= 0.3 is 0 Å². The van der Waals surface area contributed by atoms with Gasteiger partial charge in [0.1, 0.15) is 0 Å². The largest absolute Gasteiger partial charge is 0.135 e. The highest BCUT2D eigenvalue weighted by Crippen LogP contribution is 2.06. The molecule has 0 aromatic rings. The fourth-order valence-corrected chi connectivity index (χ4v) is 0.167. The monoisotopic (exact) mass is 100 g/mol. The average molecular weight is 99.9 g/mol. The molecule has 2 atom stereocenters. The molecule has 2 heteroatoms. The molecule has 0 amide bonds. The lowest BCUT2D eigenvalue weighted by Gasteiger charge is -1.99. The fourth-order valence-electron chi connectivity index (χ4n) is 0.167. The van der Waals surface area contributed by atoms with E-state index in [0.29, 0.717) is 5.66 Å². The van der Waals surface area contributed by atoms with Gasteiger partial charge in [-0.15, -0.1) is 9.24 Å². The molecule has 0 nitrogen and oxygen atoms in total. The lowest BCUT2D eigenvalue weighted by molar-refractivity contribution is 0.905. The van der Waals surface area contributed by atoms with Crippen LogP contribution in [-0.2, 0) is 0 Å². The summed E-state index contributed by atoms with van der Waals surface area (Å²) in [5.74, 6) is 0. The summed E-state index contributed by atoms with van der Waals surface area (Å²) < 4.78 is 0. The van der Waals surface area contributed by atoms with Crippen molar-refractivity contribution in [2.24, 2.45) is 0 Å². The molecule has 0 fully saturated rings. The standard InChI is InChI=1S/C4H10BP/c1-2-4(6)3-5/h4H,2-3,6H2,1H3/t4-/m1/s1. The Morgan fingerprint density at radius 3 is 2.33 bits per heavy atom. The molecule has 2 radical (unpaired) electrons. The molecule has 0 aromatic carbocycles. The highest BCUT2D eigenvalue weighted by molar-refractivity contribution is 7.17. The van der Waals surface area contributed by atoms with E-state index < -0.39 is 0 Å². The average Bonchev–Trinajstić information content (AvgIpc) is 1.65. The van der Waals surface area contributed by atoms with Crippen molar-refractivity contribution in [1.29, 1.82) is 0 Å². The zero-order chi connectivity index (χ0) is 4.99. The summed E-state index contributed by atoms with van der Waals surface area (Å²) in [4.78, 5) is 0. The second-order valence-corrected chi connectivity index (χ2v) is 2.35. The molecule has 0 bridgehead atoms. The summed E-state index contributed by atoms with van der Waals surface area (Å²) in [5, 5.41) is 0. The van der Waals surface area contributed by atoms with E-state index in [1.165, 1.54) is 6.42 Å². The molecule has 0 rings (SSSR count). The molecular formula is C4H10BP. The summed E-state index contributed by atoms with van der Waals surface area (Å²) in [5.41, 5.74) is 0.630. The Morgan fingerprint density at radius 2 is 2.33 bits per heavy atom. The number of hydrogen-bond donors (Lipinski definition) is 0. The maximum absolute atomic E-state index is 5.26. The van der Waals surface area contributed by atoms with Crippen LogP contribution in [0, 0.1) is 0 Å². The lowest BCUT2D eigenvalue weighted by Crippen LogP contribution is -1.90. The molecule has 6 heavy (non-hydrogen) atoms. The SMILES string of the molecule is [B]C[C@H](P)CC. The summed E-state index contributed by atoms with van der Waals surface area (Å²) in [6, 6.07) is 0. The van der Waals surface area contributed by atoms with E-state index in [1.54, 1.807) is 0 Å². The minimum absolute atomic E-state index is 0.630. The Kier molecular flexibility index (Phi) is 3.98. The van der Waals surface area contributed by atoms with Gasteiger partial charge in [0.25, 0.3) is 0 Å². The molecule has 0 saturated carbocycles. The molecule has 0 aromatic heterocycles.